The number of aromatic nitrogens is 2. The van der Waals surface area contributed by atoms with Crippen molar-refractivity contribution >= 4 is 0 Å². The zero-order chi connectivity index (χ0) is 17.7. The molecule has 0 N–H and O–H groups in total. The summed E-state index contributed by atoms with van der Waals surface area (Å²) in [6.07, 6.45) is 16.4. The van der Waals surface area contributed by atoms with Gasteiger partial charge in [0.05, 0.1) is 0 Å². The largest absolute Gasteiger partial charge is 0.296 e. The number of nitrogens with zero attached hydrogens (tertiary/aromatic N) is 3. The predicted octanol–water partition coefficient (Wildman–Crippen LogP) is 5.44. The second-order valence-electron chi connectivity index (χ2n) is 6.81. The molecule has 0 aliphatic heterocycles. The number of hydrogen-bond acceptors (Lipinski definition) is 3. The third-order valence-corrected chi connectivity index (χ3v) is 4.81. The van der Waals surface area contributed by atoms with Crippen LogP contribution < -0.4 is 0 Å². The Hall–Kier alpha value is -1.74. The lowest BCUT2D eigenvalue weighted by atomic mass is 9.97. The van der Waals surface area contributed by atoms with Crippen LogP contribution in [0.5, 0.6) is 0 Å². The van der Waals surface area contributed by atoms with Gasteiger partial charge in [-0.3, -0.25) is 14.9 Å². The highest BCUT2D eigenvalue weighted by Gasteiger charge is 2.20. The van der Waals surface area contributed by atoms with Crippen molar-refractivity contribution in [1.82, 2.24) is 14.9 Å². The van der Waals surface area contributed by atoms with Gasteiger partial charge in [-0.25, -0.2) is 0 Å². The minimum atomic E-state index is 0.416. The molecular weight excluding hydrogens is 306 g/mol. The van der Waals surface area contributed by atoms with E-state index in [0.29, 0.717) is 6.04 Å². The summed E-state index contributed by atoms with van der Waals surface area (Å²) in [6, 6.07) is 9.06. The molecule has 0 aromatic carbocycles. The molecule has 0 radical (unpaired) electrons. The van der Waals surface area contributed by atoms with Gasteiger partial charge >= 0.3 is 0 Å². The molecule has 136 valence electrons. The topological polar surface area (TPSA) is 29.0 Å². The Morgan fingerprint density at radius 3 is 1.80 bits per heavy atom. The van der Waals surface area contributed by atoms with Gasteiger partial charge < -0.3 is 0 Å². The van der Waals surface area contributed by atoms with E-state index in [1.54, 1.807) is 0 Å². The maximum Gasteiger partial charge on any atom is 0.0389 e. The van der Waals surface area contributed by atoms with Crippen molar-refractivity contribution in [2.75, 3.05) is 13.1 Å². The van der Waals surface area contributed by atoms with E-state index in [9.17, 15) is 0 Å². The summed E-state index contributed by atoms with van der Waals surface area (Å²) < 4.78 is 0. The molecule has 25 heavy (non-hydrogen) atoms. The van der Waals surface area contributed by atoms with E-state index in [2.05, 4.69) is 53.0 Å². The first kappa shape index (κ1) is 19.6. The zero-order valence-electron chi connectivity index (χ0n) is 15.9. The molecule has 0 spiro atoms. The predicted molar refractivity (Wildman–Crippen MR) is 106 cm³/mol. The van der Waals surface area contributed by atoms with Gasteiger partial charge in [-0.15, -0.1) is 0 Å². The summed E-state index contributed by atoms with van der Waals surface area (Å²) in [4.78, 5) is 11.1. The van der Waals surface area contributed by atoms with E-state index >= 15 is 0 Å². The van der Waals surface area contributed by atoms with Crippen LogP contribution in [-0.2, 0) is 6.42 Å². The van der Waals surface area contributed by atoms with Crippen molar-refractivity contribution in [1.29, 1.82) is 0 Å². The fourth-order valence-electron chi connectivity index (χ4n) is 3.34. The van der Waals surface area contributed by atoms with Crippen molar-refractivity contribution in [3.8, 4) is 0 Å². The molecule has 0 fully saturated rings. The Kier molecular flexibility index (Phi) is 9.21. The summed E-state index contributed by atoms with van der Waals surface area (Å²) >= 11 is 0. The number of rotatable bonds is 12. The highest BCUT2D eigenvalue weighted by atomic mass is 15.1. The smallest absolute Gasteiger partial charge is 0.0389 e. The van der Waals surface area contributed by atoms with Crippen molar-refractivity contribution in [3.05, 3.63) is 60.2 Å². The van der Waals surface area contributed by atoms with E-state index in [0.717, 1.165) is 6.42 Å². The Bertz CT molecular complexity index is 546. The molecule has 1 unspecified atom stereocenters. The highest BCUT2D eigenvalue weighted by Crippen LogP contribution is 2.26. The van der Waals surface area contributed by atoms with Gasteiger partial charge in [0, 0.05) is 30.8 Å². The van der Waals surface area contributed by atoms with Crippen LogP contribution in [-0.4, -0.2) is 28.0 Å². The molecule has 2 rings (SSSR count). The van der Waals surface area contributed by atoms with E-state index < -0.39 is 0 Å². The summed E-state index contributed by atoms with van der Waals surface area (Å²) in [5, 5.41) is 0. The minimum absolute atomic E-state index is 0.416. The molecule has 0 saturated heterocycles. The summed E-state index contributed by atoms with van der Waals surface area (Å²) in [5.41, 5.74) is 2.73. The molecule has 2 aromatic rings. The van der Waals surface area contributed by atoms with E-state index in [1.165, 1.54) is 62.7 Å². The standard InChI is InChI=1S/C22H33N3/c1-3-5-7-17-25(18-8-6-4-2)22(21-11-15-24-16-12-21)19-20-9-13-23-14-10-20/h9-16,22H,3-8,17-19H2,1-2H3. The molecular formula is C22H33N3. The number of pyridine rings is 2. The molecule has 3 nitrogen and oxygen atoms in total. The van der Waals surface area contributed by atoms with Crippen molar-refractivity contribution in [2.45, 2.75) is 64.8 Å². The van der Waals surface area contributed by atoms with Crippen LogP contribution >= 0.6 is 0 Å². The second-order valence-corrected chi connectivity index (χ2v) is 6.81. The quantitative estimate of drug-likeness (QED) is 0.482. The summed E-state index contributed by atoms with van der Waals surface area (Å²) in [5.74, 6) is 0. The molecule has 2 heterocycles. The third-order valence-electron chi connectivity index (χ3n) is 4.81. The fourth-order valence-corrected chi connectivity index (χ4v) is 3.34. The molecule has 0 bridgehead atoms. The van der Waals surface area contributed by atoms with Gasteiger partial charge in [0.25, 0.3) is 0 Å². The van der Waals surface area contributed by atoms with Crippen LogP contribution in [0.15, 0.2) is 49.1 Å². The Morgan fingerprint density at radius 2 is 1.28 bits per heavy atom. The Labute approximate surface area is 153 Å². The van der Waals surface area contributed by atoms with Gasteiger partial charge in [-0.1, -0.05) is 39.5 Å². The van der Waals surface area contributed by atoms with Crippen LogP contribution in [0.1, 0.15) is 69.5 Å². The second kappa shape index (κ2) is 11.8. The average Bonchev–Trinajstić information content (AvgIpc) is 2.67. The Morgan fingerprint density at radius 1 is 0.760 bits per heavy atom. The van der Waals surface area contributed by atoms with Crippen molar-refractivity contribution in [2.24, 2.45) is 0 Å². The maximum atomic E-state index is 4.22. The summed E-state index contributed by atoms with van der Waals surface area (Å²) in [6.45, 7) is 6.91. The average molecular weight is 340 g/mol. The first-order valence-corrected chi connectivity index (χ1v) is 9.88. The van der Waals surface area contributed by atoms with Gasteiger partial charge in [0.2, 0.25) is 0 Å². The SMILES string of the molecule is CCCCCN(CCCCC)C(Cc1ccncc1)c1ccncc1. The van der Waals surface area contributed by atoms with Crippen LogP contribution in [0.2, 0.25) is 0 Å². The lowest BCUT2D eigenvalue weighted by Crippen LogP contribution is -2.32. The summed E-state index contributed by atoms with van der Waals surface area (Å²) in [7, 11) is 0. The van der Waals surface area contributed by atoms with Crippen LogP contribution in [0.25, 0.3) is 0 Å². The van der Waals surface area contributed by atoms with Crippen LogP contribution in [0.4, 0.5) is 0 Å². The molecule has 1 atom stereocenters. The number of hydrogen-bond donors (Lipinski definition) is 0. The van der Waals surface area contributed by atoms with E-state index in [1.807, 2.05) is 24.8 Å². The van der Waals surface area contributed by atoms with Gasteiger partial charge in [-0.05, 0) is 67.7 Å². The monoisotopic (exact) mass is 339 g/mol. The molecule has 0 aliphatic rings. The number of unbranched alkanes of at least 4 members (excludes halogenated alkanes) is 4. The van der Waals surface area contributed by atoms with Gasteiger partial charge in [0.15, 0.2) is 0 Å². The molecule has 0 saturated carbocycles. The normalized spacial score (nSPS) is 12.4. The fraction of sp³-hybridized carbons (Fsp3) is 0.545. The molecule has 2 aromatic heterocycles. The van der Waals surface area contributed by atoms with Crippen molar-refractivity contribution in [3.63, 3.8) is 0 Å². The lowest BCUT2D eigenvalue weighted by molar-refractivity contribution is 0.187. The van der Waals surface area contributed by atoms with Gasteiger partial charge in [0.1, 0.15) is 0 Å². The Balaban J connectivity index is 2.17. The third kappa shape index (κ3) is 6.95. The lowest BCUT2D eigenvalue weighted by Gasteiger charge is -2.32. The van der Waals surface area contributed by atoms with E-state index in [-0.39, 0.29) is 0 Å². The molecule has 0 aliphatic carbocycles. The highest BCUT2D eigenvalue weighted by molar-refractivity contribution is 5.20. The maximum absolute atomic E-state index is 4.22. The first-order chi connectivity index (χ1) is 12.3. The van der Waals surface area contributed by atoms with Crippen LogP contribution in [0.3, 0.4) is 0 Å². The zero-order valence-corrected chi connectivity index (χ0v) is 15.9. The van der Waals surface area contributed by atoms with Crippen LogP contribution in [0, 0.1) is 0 Å². The minimum Gasteiger partial charge on any atom is -0.296 e. The van der Waals surface area contributed by atoms with Crippen molar-refractivity contribution < 1.29 is 0 Å². The van der Waals surface area contributed by atoms with E-state index in [4.69, 9.17) is 0 Å². The molecule has 3 heteroatoms. The first-order valence-electron chi connectivity index (χ1n) is 9.88. The van der Waals surface area contributed by atoms with Gasteiger partial charge in [-0.2, -0.15) is 0 Å². The molecule has 0 amide bonds.